The lowest BCUT2D eigenvalue weighted by molar-refractivity contribution is -0.116. The van der Waals surface area contributed by atoms with E-state index < -0.39 is 0 Å². The van der Waals surface area contributed by atoms with Gasteiger partial charge in [-0.1, -0.05) is 26.0 Å². The van der Waals surface area contributed by atoms with E-state index in [9.17, 15) is 4.79 Å². The molecule has 0 saturated carbocycles. The Balaban J connectivity index is 1.73. The molecular weight excluding hydrogens is 338 g/mol. The molecule has 2 aliphatic heterocycles. The van der Waals surface area contributed by atoms with Gasteiger partial charge >= 0.3 is 0 Å². The normalized spacial score (nSPS) is 15.5. The fraction of sp³-hybridized carbons (Fsp3) is 0.364. The Bertz CT molecular complexity index is 883. The second-order valence-electron chi connectivity index (χ2n) is 7.56. The van der Waals surface area contributed by atoms with Crippen LogP contribution in [0, 0.1) is 5.92 Å². The molecule has 1 saturated heterocycles. The lowest BCUT2D eigenvalue weighted by Crippen LogP contribution is -2.28. The lowest BCUT2D eigenvalue weighted by Gasteiger charge is -2.21. The first kappa shape index (κ1) is 17.6. The average molecular weight is 363 g/mol. The summed E-state index contributed by atoms with van der Waals surface area (Å²) in [5, 5.41) is 3.01. The Morgan fingerprint density at radius 2 is 1.93 bits per heavy atom. The van der Waals surface area contributed by atoms with Gasteiger partial charge in [0.05, 0.1) is 5.56 Å². The number of ether oxygens (including phenoxy) is 1. The Hall–Kier alpha value is -2.82. The van der Waals surface area contributed by atoms with Crippen LogP contribution in [0.25, 0.3) is 0 Å². The van der Waals surface area contributed by atoms with Crippen molar-refractivity contribution >= 4 is 23.1 Å². The minimum absolute atomic E-state index is 0.0300. The molecule has 2 aromatic carbocycles. The van der Waals surface area contributed by atoms with Gasteiger partial charge in [-0.2, -0.15) is 0 Å². The van der Waals surface area contributed by atoms with Gasteiger partial charge in [-0.15, -0.1) is 0 Å². The summed E-state index contributed by atoms with van der Waals surface area (Å²) < 4.78 is 6.16. The number of anilines is 1. The van der Waals surface area contributed by atoms with Gasteiger partial charge in [-0.3, -0.25) is 4.79 Å². The van der Waals surface area contributed by atoms with E-state index in [0.717, 1.165) is 47.4 Å². The topological polar surface area (TPSA) is 53.9 Å². The first-order valence-electron chi connectivity index (χ1n) is 9.65. The number of amidine groups is 1. The monoisotopic (exact) mass is 363 g/mol. The van der Waals surface area contributed by atoms with E-state index in [4.69, 9.17) is 9.73 Å². The third-order valence-corrected chi connectivity index (χ3v) is 4.81. The summed E-state index contributed by atoms with van der Waals surface area (Å²) in [6.07, 6.45) is 2.84. The fourth-order valence-corrected chi connectivity index (χ4v) is 3.55. The molecule has 0 aromatic heterocycles. The van der Waals surface area contributed by atoms with E-state index >= 15 is 0 Å². The van der Waals surface area contributed by atoms with Crippen LogP contribution in [-0.4, -0.2) is 29.7 Å². The van der Waals surface area contributed by atoms with E-state index in [-0.39, 0.29) is 5.91 Å². The van der Waals surface area contributed by atoms with Crippen LogP contribution in [0.5, 0.6) is 11.5 Å². The smallest absolute Gasteiger partial charge is 0.224 e. The molecule has 4 rings (SSSR count). The van der Waals surface area contributed by atoms with Crippen LogP contribution in [-0.2, 0) is 4.79 Å². The zero-order chi connectivity index (χ0) is 18.8. The van der Waals surface area contributed by atoms with Crippen molar-refractivity contribution in [3.63, 3.8) is 0 Å². The number of likely N-dealkylation sites (tertiary alicyclic amines) is 1. The highest BCUT2D eigenvalue weighted by Gasteiger charge is 2.25. The van der Waals surface area contributed by atoms with E-state index in [1.54, 1.807) is 0 Å². The quantitative estimate of drug-likeness (QED) is 0.839. The molecule has 1 amide bonds. The summed E-state index contributed by atoms with van der Waals surface area (Å²) in [6, 6.07) is 13.6. The number of nitrogens with one attached hydrogen (secondary N) is 1. The molecule has 0 bridgehead atoms. The Labute approximate surface area is 160 Å². The zero-order valence-electron chi connectivity index (χ0n) is 15.9. The molecule has 2 aromatic rings. The molecule has 2 heterocycles. The minimum atomic E-state index is 0.0300. The highest BCUT2D eigenvalue weighted by Crippen LogP contribution is 2.39. The predicted octanol–water partition coefficient (Wildman–Crippen LogP) is 4.95. The molecule has 140 valence electrons. The summed E-state index contributed by atoms with van der Waals surface area (Å²) >= 11 is 0. The van der Waals surface area contributed by atoms with Crippen molar-refractivity contribution in [3.05, 3.63) is 48.0 Å². The van der Waals surface area contributed by atoms with Crippen molar-refractivity contribution < 1.29 is 9.53 Å². The van der Waals surface area contributed by atoms with Crippen LogP contribution < -0.4 is 10.1 Å². The highest BCUT2D eigenvalue weighted by molar-refractivity contribution is 6.05. The maximum absolute atomic E-state index is 12.2. The molecule has 2 aliphatic rings. The Morgan fingerprint density at radius 3 is 2.70 bits per heavy atom. The first-order chi connectivity index (χ1) is 13.1. The molecule has 27 heavy (non-hydrogen) atoms. The van der Waals surface area contributed by atoms with Crippen molar-refractivity contribution in [2.75, 3.05) is 18.4 Å². The number of rotatable bonds is 3. The van der Waals surface area contributed by atoms with E-state index in [1.165, 1.54) is 12.8 Å². The maximum atomic E-state index is 12.2. The maximum Gasteiger partial charge on any atom is 0.224 e. The zero-order valence-corrected chi connectivity index (χ0v) is 15.9. The number of hydrogen-bond acceptors (Lipinski definition) is 4. The Kier molecular flexibility index (Phi) is 4.84. The van der Waals surface area contributed by atoms with Crippen molar-refractivity contribution in [2.45, 2.75) is 33.1 Å². The number of amides is 1. The molecule has 0 atom stereocenters. The van der Waals surface area contributed by atoms with Crippen LogP contribution >= 0.6 is 0 Å². The summed E-state index contributed by atoms with van der Waals surface area (Å²) in [7, 11) is 0. The number of nitrogens with zero attached hydrogens (tertiary/aromatic N) is 2. The van der Waals surface area contributed by atoms with E-state index in [2.05, 4.69) is 10.2 Å². The lowest BCUT2D eigenvalue weighted by atomic mass is 10.1. The third-order valence-electron chi connectivity index (χ3n) is 4.81. The molecule has 5 heteroatoms. The molecule has 1 N–H and O–H groups in total. The molecule has 0 radical (unpaired) electrons. The summed E-state index contributed by atoms with van der Waals surface area (Å²) in [5.41, 5.74) is 2.54. The fourth-order valence-electron chi connectivity index (χ4n) is 3.55. The van der Waals surface area contributed by atoms with Crippen molar-refractivity contribution in [1.82, 2.24) is 4.90 Å². The van der Waals surface area contributed by atoms with Crippen molar-refractivity contribution in [1.29, 1.82) is 0 Å². The first-order valence-corrected chi connectivity index (χ1v) is 9.65. The summed E-state index contributed by atoms with van der Waals surface area (Å²) in [4.78, 5) is 19.4. The van der Waals surface area contributed by atoms with Gasteiger partial charge in [-0.25, -0.2) is 4.99 Å². The van der Waals surface area contributed by atoms with Crippen LogP contribution in [0.1, 0.15) is 38.7 Å². The number of fused-ring (bicyclic) bond motifs is 2. The standard InChI is InChI=1S/C22H25N3O2/c1-15(2)13-21(26)23-16-9-10-19-17(14-16)22(25-11-5-6-12-25)24-18-7-3-4-8-20(18)27-19/h3-4,7-10,14-15H,5-6,11-13H2,1-2H3,(H,23,26). The number of carbonyl (C=O) groups excluding carboxylic acids is 1. The predicted molar refractivity (Wildman–Crippen MR) is 108 cm³/mol. The molecular formula is C22H25N3O2. The van der Waals surface area contributed by atoms with Gasteiger partial charge < -0.3 is 15.0 Å². The molecule has 1 fully saturated rings. The van der Waals surface area contributed by atoms with Crippen LogP contribution in [0.15, 0.2) is 47.5 Å². The van der Waals surface area contributed by atoms with Gasteiger partial charge in [0, 0.05) is 25.2 Å². The Morgan fingerprint density at radius 1 is 1.15 bits per heavy atom. The van der Waals surface area contributed by atoms with E-state index in [0.29, 0.717) is 12.3 Å². The SMILES string of the molecule is CC(C)CC(=O)Nc1ccc2c(c1)C(N1CCCC1)=Nc1ccccc1O2. The number of carbonyl (C=O) groups is 1. The molecule has 5 nitrogen and oxygen atoms in total. The van der Waals surface area contributed by atoms with Crippen LogP contribution in [0.4, 0.5) is 11.4 Å². The molecule has 0 spiro atoms. The van der Waals surface area contributed by atoms with Gasteiger partial charge in [0.15, 0.2) is 5.75 Å². The number of aliphatic imine (C=N–C) groups is 1. The molecule has 0 unspecified atom stereocenters. The third kappa shape index (κ3) is 3.82. The highest BCUT2D eigenvalue weighted by atomic mass is 16.5. The second-order valence-corrected chi connectivity index (χ2v) is 7.56. The van der Waals surface area contributed by atoms with E-state index in [1.807, 2.05) is 56.3 Å². The number of para-hydroxylation sites is 2. The largest absolute Gasteiger partial charge is 0.454 e. The van der Waals surface area contributed by atoms with Crippen molar-refractivity contribution in [2.24, 2.45) is 10.9 Å². The number of benzene rings is 2. The van der Waals surface area contributed by atoms with Gasteiger partial charge in [0.25, 0.3) is 0 Å². The van der Waals surface area contributed by atoms with Crippen molar-refractivity contribution in [3.8, 4) is 11.5 Å². The molecule has 0 aliphatic carbocycles. The summed E-state index contributed by atoms with van der Waals surface area (Å²) in [6.45, 7) is 6.06. The van der Waals surface area contributed by atoms with Gasteiger partial charge in [-0.05, 0) is 49.1 Å². The second kappa shape index (κ2) is 7.43. The minimum Gasteiger partial charge on any atom is -0.454 e. The van der Waals surface area contributed by atoms with Crippen LogP contribution in [0.2, 0.25) is 0 Å². The van der Waals surface area contributed by atoms with Gasteiger partial charge in [0.1, 0.15) is 17.3 Å². The number of hydrogen-bond donors (Lipinski definition) is 1. The average Bonchev–Trinajstić information content (AvgIpc) is 3.10. The van der Waals surface area contributed by atoms with Gasteiger partial charge in [0.2, 0.25) is 5.91 Å². The summed E-state index contributed by atoms with van der Waals surface area (Å²) in [5.74, 6) is 2.80. The van der Waals surface area contributed by atoms with Crippen LogP contribution in [0.3, 0.4) is 0 Å².